The predicted octanol–water partition coefficient (Wildman–Crippen LogP) is 0.733. The lowest BCUT2D eigenvalue weighted by Gasteiger charge is -2.24. The van der Waals surface area contributed by atoms with E-state index in [9.17, 15) is 4.79 Å². The van der Waals surface area contributed by atoms with E-state index in [-0.39, 0.29) is 12.5 Å². The maximum absolute atomic E-state index is 11.0. The highest BCUT2D eigenvalue weighted by Crippen LogP contribution is 2.12. The van der Waals surface area contributed by atoms with Gasteiger partial charge in [-0.1, -0.05) is 13.8 Å². The highest BCUT2D eigenvalue weighted by molar-refractivity contribution is 5.79. The number of anilines is 1. The molecule has 0 aromatic carbocycles. The molecule has 0 aliphatic carbocycles. The predicted molar refractivity (Wildman–Crippen MR) is 63.0 cm³/mol. The second-order valence-corrected chi connectivity index (χ2v) is 4.26. The molecular weight excluding hydrogens is 204 g/mol. The number of amides is 1. The number of hydrogen-bond donors (Lipinski definition) is 1. The molecule has 1 rings (SSSR count). The fraction of sp³-hybridized carbons (Fsp3) is 0.545. The maximum atomic E-state index is 11.0. The van der Waals surface area contributed by atoms with Crippen LogP contribution in [0.25, 0.3) is 0 Å². The first-order chi connectivity index (χ1) is 7.49. The largest absolute Gasteiger partial charge is 0.368 e. The molecule has 5 nitrogen and oxygen atoms in total. The first kappa shape index (κ1) is 12.4. The summed E-state index contributed by atoms with van der Waals surface area (Å²) in [5.41, 5.74) is 6.10. The van der Waals surface area contributed by atoms with Gasteiger partial charge in [0.05, 0.1) is 6.54 Å². The van der Waals surface area contributed by atoms with Crippen LogP contribution >= 0.6 is 0 Å². The summed E-state index contributed by atoms with van der Waals surface area (Å²) in [5, 5.41) is 0. The van der Waals surface area contributed by atoms with Gasteiger partial charge in [-0.2, -0.15) is 0 Å². The van der Waals surface area contributed by atoms with Crippen molar-refractivity contribution in [1.29, 1.82) is 0 Å². The molecule has 0 atom stereocenters. The van der Waals surface area contributed by atoms with Crippen molar-refractivity contribution in [3.8, 4) is 0 Å². The van der Waals surface area contributed by atoms with Crippen molar-refractivity contribution in [3.63, 3.8) is 0 Å². The normalized spacial score (nSPS) is 10.5. The van der Waals surface area contributed by atoms with Crippen molar-refractivity contribution >= 4 is 11.7 Å². The van der Waals surface area contributed by atoms with E-state index in [0.717, 1.165) is 18.1 Å². The van der Waals surface area contributed by atoms with Gasteiger partial charge in [0.1, 0.15) is 12.1 Å². The Labute approximate surface area is 95.7 Å². The lowest BCUT2D eigenvalue weighted by atomic mass is 10.2. The smallest absolute Gasteiger partial charge is 0.236 e. The van der Waals surface area contributed by atoms with E-state index in [2.05, 4.69) is 23.8 Å². The summed E-state index contributed by atoms with van der Waals surface area (Å²) in [6.45, 7) is 7.00. The first-order valence-corrected chi connectivity index (χ1v) is 5.31. The Balaban J connectivity index is 2.86. The molecule has 1 aromatic rings. The summed E-state index contributed by atoms with van der Waals surface area (Å²) in [5.74, 6) is 0.839. The van der Waals surface area contributed by atoms with Crippen molar-refractivity contribution in [1.82, 2.24) is 9.97 Å². The summed E-state index contributed by atoms with van der Waals surface area (Å²) in [6, 6.07) is 1.85. The minimum absolute atomic E-state index is 0.189. The Morgan fingerprint density at radius 3 is 2.69 bits per heavy atom. The van der Waals surface area contributed by atoms with E-state index >= 15 is 0 Å². The number of rotatable bonds is 5. The molecule has 0 saturated heterocycles. The molecule has 0 radical (unpaired) electrons. The summed E-state index contributed by atoms with van der Waals surface area (Å²) < 4.78 is 0. The van der Waals surface area contributed by atoms with Gasteiger partial charge >= 0.3 is 0 Å². The zero-order chi connectivity index (χ0) is 12.1. The number of primary amides is 1. The minimum atomic E-state index is -0.350. The molecule has 2 N–H and O–H groups in total. The quantitative estimate of drug-likeness (QED) is 0.797. The molecule has 0 bridgehead atoms. The van der Waals surface area contributed by atoms with Crippen LogP contribution in [0.4, 0.5) is 5.82 Å². The van der Waals surface area contributed by atoms with Crippen LogP contribution in [-0.4, -0.2) is 29.0 Å². The Hall–Kier alpha value is -1.65. The fourth-order valence-corrected chi connectivity index (χ4v) is 1.48. The van der Waals surface area contributed by atoms with Crippen LogP contribution < -0.4 is 10.6 Å². The first-order valence-electron chi connectivity index (χ1n) is 5.31. The lowest BCUT2D eigenvalue weighted by Crippen LogP contribution is -2.36. The molecule has 1 amide bonds. The van der Waals surface area contributed by atoms with Gasteiger partial charge in [0, 0.05) is 18.3 Å². The summed E-state index contributed by atoms with van der Waals surface area (Å²) >= 11 is 0. The summed E-state index contributed by atoms with van der Waals surface area (Å²) in [6.07, 6.45) is 1.50. The Kier molecular flexibility index (Phi) is 4.22. The van der Waals surface area contributed by atoms with Gasteiger partial charge < -0.3 is 10.6 Å². The number of carbonyl (C=O) groups excluding carboxylic acids is 1. The van der Waals surface area contributed by atoms with Gasteiger partial charge in [0.15, 0.2) is 0 Å². The van der Waals surface area contributed by atoms with Crippen molar-refractivity contribution in [2.45, 2.75) is 20.8 Å². The van der Waals surface area contributed by atoms with Gasteiger partial charge in [-0.15, -0.1) is 0 Å². The second kappa shape index (κ2) is 5.44. The molecule has 1 heterocycles. The van der Waals surface area contributed by atoms with Gasteiger partial charge in [-0.3, -0.25) is 4.79 Å². The maximum Gasteiger partial charge on any atom is 0.236 e. The molecule has 0 saturated carbocycles. The summed E-state index contributed by atoms with van der Waals surface area (Å²) in [4.78, 5) is 21.0. The Bertz CT molecular complexity index is 365. The molecule has 0 fully saturated rings. The van der Waals surface area contributed by atoms with Crippen LogP contribution in [0.15, 0.2) is 12.4 Å². The number of carbonyl (C=O) groups is 1. The zero-order valence-electron chi connectivity index (χ0n) is 9.97. The molecule has 0 spiro atoms. The minimum Gasteiger partial charge on any atom is -0.368 e. The Morgan fingerprint density at radius 1 is 1.50 bits per heavy atom. The topological polar surface area (TPSA) is 72.1 Å². The van der Waals surface area contributed by atoms with Crippen molar-refractivity contribution in [2.24, 2.45) is 11.7 Å². The fourth-order valence-electron chi connectivity index (χ4n) is 1.48. The van der Waals surface area contributed by atoms with Crippen LogP contribution in [0, 0.1) is 12.8 Å². The van der Waals surface area contributed by atoms with Crippen LogP contribution in [0.3, 0.4) is 0 Å². The molecular formula is C11H18N4O. The second-order valence-electron chi connectivity index (χ2n) is 4.26. The SMILES string of the molecule is Cc1cc(N(CC(N)=O)CC(C)C)ncn1. The van der Waals surface area contributed by atoms with Crippen LogP contribution in [0.2, 0.25) is 0 Å². The third kappa shape index (κ3) is 3.84. The van der Waals surface area contributed by atoms with Gasteiger partial charge in [0.2, 0.25) is 5.91 Å². The molecule has 0 aliphatic heterocycles. The molecule has 88 valence electrons. The number of hydrogen-bond acceptors (Lipinski definition) is 4. The monoisotopic (exact) mass is 222 g/mol. The molecule has 0 aliphatic rings. The molecule has 5 heteroatoms. The van der Waals surface area contributed by atoms with Crippen LogP contribution in [-0.2, 0) is 4.79 Å². The Morgan fingerprint density at radius 2 is 2.19 bits per heavy atom. The highest BCUT2D eigenvalue weighted by Gasteiger charge is 2.12. The number of aryl methyl sites for hydroxylation is 1. The zero-order valence-corrected chi connectivity index (χ0v) is 9.97. The average Bonchev–Trinajstić information content (AvgIpc) is 2.15. The van der Waals surface area contributed by atoms with Crippen LogP contribution in [0.5, 0.6) is 0 Å². The third-order valence-corrected chi connectivity index (χ3v) is 2.05. The van der Waals surface area contributed by atoms with Gasteiger partial charge in [-0.25, -0.2) is 9.97 Å². The van der Waals surface area contributed by atoms with Crippen molar-refractivity contribution in [2.75, 3.05) is 18.0 Å². The van der Waals surface area contributed by atoms with E-state index in [1.165, 1.54) is 6.33 Å². The lowest BCUT2D eigenvalue weighted by molar-refractivity contribution is -0.116. The average molecular weight is 222 g/mol. The molecule has 0 unspecified atom stereocenters. The number of nitrogens with two attached hydrogens (primary N) is 1. The highest BCUT2D eigenvalue weighted by atomic mass is 16.1. The van der Waals surface area contributed by atoms with Crippen LogP contribution in [0.1, 0.15) is 19.5 Å². The van der Waals surface area contributed by atoms with Crippen molar-refractivity contribution in [3.05, 3.63) is 18.1 Å². The standard InChI is InChI=1S/C11H18N4O/c1-8(2)5-15(6-10(12)16)11-4-9(3)13-7-14-11/h4,7-8H,5-6H2,1-3H3,(H2,12,16). The summed E-state index contributed by atoms with van der Waals surface area (Å²) in [7, 11) is 0. The van der Waals surface area contributed by atoms with E-state index < -0.39 is 0 Å². The van der Waals surface area contributed by atoms with Gasteiger partial charge in [-0.05, 0) is 12.8 Å². The van der Waals surface area contributed by atoms with E-state index in [1.807, 2.05) is 17.9 Å². The third-order valence-electron chi connectivity index (χ3n) is 2.05. The number of nitrogens with zero attached hydrogens (tertiary/aromatic N) is 3. The van der Waals surface area contributed by atoms with E-state index in [1.54, 1.807) is 0 Å². The van der Waals surface area contributed by atoms with E-state index in [0.29, 0.717) is 5.92 Å². The van der Waals surface area contributed by atoms with Gasteiger partial charge in [0.25, 0.3) is 0 Å². The molecule has 16 heavy (non-hydrogen) atoms. The van der Waals surface area contributed by atoms with Crippen molar-refractivity contribution < 1.29 is 4.79 Å². The molecule has 1 aromatic heterocycles. The number of aromatic nitrogens is 2. The van der Waals surface area contributed by atoms with E-state index in [4.69, 9.17) is 5.73 Å².